The summed E-state index contributed by atoms with van der Waals surface area (Å²) < 4.78 is 7.31. The van der Waals surface area contributed by atoms with E-state index in [1.807, 2.05) is 90.7 Å². The molecule has 0 spiro atoms. The SMILES string of the molecule is CCOc1ccc(-n2c(C(C)N3CCN(C(=O)Nc4ccccc4)C(C)C3)nc3ccccc3c2=O)cc1. The van der Waals surface area contributed by atoms with Crippen LogP contribution in [0.4, 0.5) is 10.5 Å². The Balaban J connectivity index is 1.43. The monoisotopic (exact) mass is 511 g/mol. The minimum Gasteiger partial charge on any atom is -0.494 e. The van der Waals surface area contributed by atoms with Crippen LogP contribution in [0.25, 0.3) is 16.6 Å². The Bertz CT molecular complexity index is 1470. The molecule has 196 valence electrons. The Morgan fingerprint density at radius 2 is 1.74 bits per heavy atom. The lowest BCUT2D eigenvalue weighted by Gasteiger charge is -2.42. The van der Waals surface area contributed by atoms with Gasteiger partial charge in [0, 0.05) is 31.4 Å². The molecule has 38 heavy (non-hydrogen) atoms. The number of anilines is 1. The van der Waals surface area contributed by atoms with Crippen molar-refractivity contribution in [3.8, 4) is 11.4 Å². The van der Waals surface area contributed by atoms with Crippen molar-refractivity contribution in [3.05, 3.63) is 95.0 Å². The lowest BCUT2D eigenvalue weighted by molar-refractivity contribution is 0.0801. The summed E-state index contributed by atoms with van der Waals surface area (Å²) in [5.41, 5.74) is 2.10. The number of benzene rings is 3. The van der Waals surface area contributed by atoms with E-state index in [9.17, 15) is 9.59 Å². The molecule has 2 amide bonds. The topological polar surface area (TPSA) is 79.7 Å². The molecule has 8 heteroatoms. The van der Waals surface area contributed by atoms with Gasteiger partial charge in [0.25, 0.3) is 5.56 Å². The van der Waals surface area contributed by atoms with Crippen molar-refractivity contribution in [1.29, 1.82) is 0 Å². The highest BCUT2D eigenvalue weighted by Crippen LogP contribution is 2.26. The molecule has 2 unspecified atom stereocenters. The average molecular weight is 512 g/mol. The molecule has 0 saturated carbocycles. The first kappa shape index (κ1) is 25.5. The number of carbonyl (C=O) groups is 1. The van der Waals surface area contributed by atoms with E-state index >= 15 is 0 Å². The number of nitrogens with one attached hydrogen (secondary N) is 1. The van der Waals surface area contributed by atoms with Crippen LogP contribution in [-0.2, 0) is 0 Å². The predicted molar refractivity (Wildman–Crippen MR) is 150 cm³/mol. The van der Waals surface area contributed by atoms with Gasteiger partial charge in [-0.15, -0.1) is 0 Å². The van der Waals surface area contributed by atoms with Crippen LogP contribution in [0.2, 0.25) is 0 Å². The smallest absolute Gasteiger partial charge is 0.322 e. The van der Waals surface area contributed by atoms with Gasteiger partial charge < -0.3 is 15.0 Å². The number of urea groups is 1. The molecular weight excluding hydrogens is 478 g/mol. The lowest BCUT2D eigenvalue weighted by atomic mass is 10.1. The normalized spacial score (nSPS) is 16.8. The molecule has 3 aromatic carbocycles. The first-order valence-electron chi connectivity index (χ1n) is 13.1. The van der Waals surface area contributed by atoms with Crippen molar-refractivity contribution in [2.75, 3.05) is 31.6 Å². The van der Waals surface area contributed by atoms with Gasteiger partial charge in [0.1, 0.15) is 11.6 Å². The molecule has 0 radical (unpaired) electrons. The van der Waals surface area contributed by atoms with Crippen LogP contribution in [-0.4, -0.2) is 57.7 Å². The quantitative estimate of drug-likeness (QED) is 0.390. The minimum absolute atomic E-state index is 0.0129. The van der Waals surface area contributed by atoms with Crippen LogP contribution < -0.4 is 15.6 Å². The number of hydrogen-bond donors (Lipinski definition) is 1. The van der Waals surface area contributed by atoms with Crippen LogP contribution in [0, 0.1) is 0 Å². The van der Waals surface area contributed by atoms with Gasteiger partial charge in [0.2, 0.25) is 0 Å². The van der Waals surface area contributed by atoms with E-state index in [0.717, 1.165) is 17.1 Å². The first-order chi connectivity index (χ1) is 18.5. The molecule has 4 aromatic rings. The maximum Gasteiger partial charge on any atom is 0.322 e. The van der Waals surface area contributed by atoms with E-state index in [0.29, 0.717) is 43.0 Å². The van der Waals surface area contributed by atoms with Crippen molar-refractivity contribution >= 4 is 22.6 Å². The molecule has 5 rings (SSSR count). The molecule has 0 aliphatic carbocycles. The molecule has 1 aliphatic heterocycles. The van der Waals surface area contributed by atoms with E-state index in [2.05, 4.69) is 24.1 Å². The van der Waals surface area contributed by atoms with Gasteiger partial charge in [-0.3, -0.25) is 14.3 Å². The van der Waals surface area contributed by atoms with E-state index in [1.165, 1.54) is 0 Å². The lowest BCUT2D eigenvalue weighted by Crippen LogP contribution is -2.55. The van der Waals surface area contributed by atoms with E-state index in [4.69, 9.17) is 9.72 Å². The third-order valence-corrected chi connectivity index (χ3v) is 7.07. The van der Waals surface area contributed by atoms with Crippen molar-refractivity contribution in [2.24, 2.45) is 0 Å². The second-order valence-corrected chi connectivity index (χ2v) is 9.56. The summed E-state index contributed by atoms with van der Waals surface area (Å²) >= 11 is 0. The van der Waals surface area contributed by atoms with E-state index in [1.54, 1.807) is 4.57 Å². The number of amides is 2. The van der Waals surface area contributed by atoms with Crippen LogP contribution >= 0.6 is 0 Å². The van der Waals surface area contributed by atoms with Crippen LogP contribution in [0.15, 0.2) is 83.7 Å². The summed E-state index contributed by atoms with van der Waals surface area (Å²) in [6.45, 7) is 8.55. The van der Waals surface area contributed by atoms with Crippen LogP contribution in [0.3, 0.4) is 0 Å². The molecule has 0 bridgehead atoms. The molecule has 2 atom stereocenters. The van der Waals surface area contributed by atoms with Crippen LogP contribution in [0.5, 0.6) is 5.75 Å². The fourth-order valence-corrected chi connectivity index (χ4v) is 5.06. The maximum atomic E-state index is 13.7. The highest BCUT2D eigenvalue weighted by Gasteiger charge is 2.32. The van der Waals surface area contributed by atoms with Crippen molar-refractivity contribution in [1.82, 2.24) is 19.4 Å². The fourth-order valence-electron chi connectivity index (χ4n) is 5.06. The third-order valence-electron chi connectivity index (χ3n) is 7.07. The Hall–Kier alpha value is -4.17. The van der Waals surface area contributed by atoms with Gasteiger partial charge in [-0.25, -0.2) is 9.78 Å². The number of hydrogen-bond acceptors (Lipinski definition) is 5. The van der Waals surface area contributed by atoms with Gasteiger partial charge in [0.15, 0.2) is 0 Å². The largest absolute Gasteiger partial charge is 0.494 e. The summed E-state index contributed by atoms with van der Waals surface area (Å²) in [4.78, 5) is 35.8. The van der Waals surface area contributed by atoms with Crippen molar-refractivity contribution < 1.29 is 9.53 Å². The zero-order chi connectivity index (χ0) is 26.6. The molecular formula is C30H33N5O3. The second kappa shape index (κ2) is 11.1. The number of nitrogens with zero attached hydrogens (tertiary/aromatic N) is 4. The molecule has 8 nitrogen and oxygen atoms in total. The summed E-state index contributed by atoms with van der Waals surface area (Å²) in [7, 11) is 0. The first-order valence-corrected chi connectivity index (χ1v) is 13.1. The Morgan fingerprint density at radius 1 is 1.03 bits per heavy atom. The third kappa shape index (κ3) is 5.13. The number of carbonyl (C=O) groups excluding carboxylic acids is 1. The number of para-hydroxylation sites is 2. The minimum atomic E-state index is -0.152. The standard InChI is InChI=1S/C30H33N5O3/c1-4-38-25-16-14-24(15-17-25)35-28(32-27-13-9-8-12-26(27)29(35)36)22(3)33-18-19-34(21(2)20-33)30(37)31-23-10-6-5-7-11-23/h5-17,21-22H,4,18-20H2,1-3H3,(H,31,37). The Morgan fingerprint density at radius 3 is 2.45 bits per heavy atom. The molecule has 1 saturated heterocycles. The highest BCUT2D eigenvalue weighted by molar-refractivity contribution is 5.89. The number of rotatable bonds is 6. The summed E-state index contributed by atoms with van der Waals surface area (Å²) in [5, 5.41) is 3.57. The van der Waals surface area contributed by atoms with Crippen LogP contribution in [0.1, 0.15) is 32.6 Å². The molecule has 1 N–H and O–H groups in total. The van der Waals surface area contributed by atoms with E-state index in [-0.39, 0.29) is 23.7 Å². The van der Waals surface area contributed by atoms with Gasteiger partial charge >= 0.3 is 6.03 Å². The predicted octanol–water partition coefficient (Wildman–Crippen LogP) is 5.08. The fraction of sp³-hybridized carbons (Fsp3) is 0.300. The number of piperazine rings is 1. The maximum absolute atomic E-state index is 13.7. The van der Waals surface area contributed by atoms with Gasteiger partial charge in [-0.2, -0.15) is 0 Å². The van der Waals surface area contributed by atoms with Gasteiger partial charge in [-0.1, -0.05) is 30.3 Å². The Labute approximate surface area is 222 Å². The van der Waals surface area contributed by atoms with Gasteiger partial charge in [0.05, 0.1) is 29.2 Å². The zero-order valence-electron chi connectivity index (χ0n) is 22.0. The molecule has 2 heterocycles. The summed E-state index contributed by atoms with van der Waals surface area (Å²) in [6.07, 6.45) is 0. The van der Waals surface area contributed by atoms with Crippen molar-refractivity contribution in [2.45, 2.75) is 32.9 Å². The zero-order valence-corrected chi connectivity index (χ0v) is 22.0. The number of fused-ring (bicyclic) bond motifs is 1. The highest BCUT2D eigenvalue weighted by atomic mass is 16.5. The molecule has 1 aromatic heterocycles. The number of ether oxygens (including phenoxy) is 1. The van der Waals surface area contributed by atoms with Crippen molar-refractivity contribution in [3.63, 3.8) is 0 Å². The van der Waals surface area contributed by atoms with E-state index < -0.39 is 0 Å². The molecule has 1 aliphatic rings. The number of aromatic nitrogens is 2. The average Bonchev–Trinajstić information content (AvgIpc) is 2.94. The molecule has 1 fully saturated rings. The summed E-state index contributed by atoms with van der Waals surface area (Å²) in [5.74, 6) is 1.43. The summed E-state index contributed by atoms with van der Waals surface area (Å²) in [6, 6.07) is 24.2. The van der Waals surface area contributed by atoms with Gasteiger partial charge in [-0.05, 0) is 69.3 Å². The Kier molecular flexibility index (Phi) is 7.42. The second-order valence-electron chi connectivity index (χ2n) is 9.56.